The number of rotatable bonds is 1. The number of anilines is 1. The maximum absolute atomic E-state index is 11.7. The van der Waals surface area contributed by atoms with Gasteiger partial charge >= 0.3 is 6.36 Å². The molecule has 0 aliphatic carbocycles. The molecule has 1 rings (SSSR count). The highest BCUT2D eigenvalue weighted by atomic mass is 127. The predicted octanol–water partition coefficient (Wildman–Crippen LogP) is 2.17. The van der Waals surface area contributed by atoms with Gasteiger partial charge in [0.25, 0.3) is 0 Å². The van der Waals surface area contributed by atoms with Crippen molar-refractivity contribution in [2.45, 2.75) is 6.36 Å². The summed E-state index contributed by atoms with van der Waals surface area (Å²) in [6, 6.07) is 1.16. The Hall–Kier alpha value is -0.730. The average molecular weight is 304 g/mol. The molecule has 2 N–H and O–H groups in total. The smallest absolute Gasteiger partial charge is 0.402 e. The minimum atomic E-state index is -4.74. The minimum Gasteiger partial charge on any atom is -0.402 e. The second-order valence-electron chi connectivity index (χ2n) is 2.08. The summed E-state index contributed by atoms with van der Waals surface area (Å²) in [6.07, 6.45) is -3.39. The number of ether oxygens (including phenoxy) is 1. The highest BCUT2D eigenvalue weighted by Crippen LogP contribution is 2.27. The summed E-state index contributed by atoms with van der Waals surface area (Å²) in [4.78, 5) is 3.51. The van der Waals surface area contributed by atoms with Crippen molar-refractivity contribution < 1.29 is 17.9 Å². The van der Waals surface area contributed by atoms with Crippen LogP contribution in [-0.4, -0.2) is 11.3 Å². The fraction of sp³-hybridized carbons (Fsp3) is 0.167. The van der Waals surface area contributed by atoms with E-state index in [0.29, 0.717) is 3.57 Å². The molecule has 0 unspecified atom stereocenters. The maximum Gasteiger partial charge on any atom is 0.573 e. The fourth-order valence-corrected chi connectivity index (χ4v) is 1.06. The molecule has 0 atom stereocenters. The van der Waals surface area contributed by atoms with Gasteiger partial charge in [-0.25, -0.2) is 4.98 Å². The molecule has 1 aromatic heterocycles. The van der Waals surface area contributed by atoms with Crippen LogP contribution in [-0.2, 0) is 0 Å². The number of halogens is 4. The Balaban J connectivity index is 2.94. The summed E-state index contributed by atoms with van der Waals surface area (Å²) in [5.41, 5.74) is 5.16. The second kappa shape index (κ2) is 3.56. The van der Waals surface area contributed by atoms with E-state index in [1.807, 2.05) is 22.6 Å². The third kappa shape index (κ3) is 3.25. The van der Waals surface area contributed by atoms with Crippen LogP contribution >= 0.6 is 22.6 Å². The Morgan fingerprint density at radius 3 is 2.62 bits per heavy atom. The molecule has 0 saturated carbocycles. The quantitative estimate of drug-likeness (QED) is 0.809. The van der Waals surface area contributed by atoms with Gasteiger partial charge in [-0.1, -0.05) is 0 Å². The van der Waals surface area contributed by atoms with Crippen LogP contribution in [0.4, 0.5) is 19.0 Å². The van der Waals surface area contributed by atoms with Crippen LogP contribution < -0.4 is 10.5 Å². The Morgan fingerprint density at radius 2 is 2.08 bits per heavy atom. The SMILES string of the molecule is Nc1ncc(I)cc1OC(F)(F)F. The van der Waals surface area contributed by atoms with E-state index >= 15 is 0 Å². The standard InChI is InChI=1S/C6H4F3IN2O/c7-6(8,9)13-4-1-3(10)2-12-5(4)11/h1-2H,(H2,11,12). The zero-order valence-electron chi connectivity index (χ0n) is 6.10. The maximum atomic E-state index is 11.7. The van der Waals surface area contributed by atoms with Gasteiger partial charge in [-0.3, -0.25) is 0 Å². The first-order valence-corrected chi connectivity index (χ1v) is 4.13. The van der Waals surface area contributed by atoms with Gasteiger partial charge in [0, 0.05) is 9.77 Å². The molecular formula is C6H4F3IN2O. The van der Waals surface area contributed by atoms with E-state index in [4.69, 9.17) is 5.73 Å². The van der Waals surface area contributed by atoms with Crippen LogP contribution in [0.3, 0.4) is 0 Å². The van der Waals surface area contributed by atoms with Crippen LogP contribution in [0.1, 0.15) is 0 Å². The van der Waals surface area contributed by atoms with Gasteiger partial charge in [-0.15, -0.1) is 13.2 Å². The van der Waals surface area contributed by atoms with E-state index < -0.39 is 12.1 Å². The number of aromatic nitrogens is 1. The summed E-state index contributed by atoms with van der Waals surface area (Å²) in [5, 5.41) is 0. The molecule has 0 aliphatic heterocycles. The molecule has 0 aromatic carbocycles. The molecule has 0 spiro atoms. The topological polar surface area (TPSA) is 48.1 Å². The van der Waals surface area contributed by atoms with E-state index in [-0.39, 0.29) is 5.82 Å². The van der Waals surface area contributed by atoms with Crippen LogP contribution in [0.5, 0.6) is 5.75 Å². The van der Waals surface area contributed by atoms with Crippen LogP contribution in [0.15, 0.2) is 12.3 Å². The lowest BCUT2D eigenvalue weighted by molar-refractivity contribution is -0.274. The van der Waals surface area contributed by atoms with Crippen LogP contribution in [0, 0.1) is 3.57 Å². The van der Waals surface area contributed by atoms with E-state index in [1.54, 1.807) is 0 Å². The summed E-state index contributed by atoms with van der Waals surface area (Å²) in [7, 11) is 0. The zero-order valence-corrected chi connectivity index (χ0v) is 8.26. The molecule has 0 saturated heterocycles. The molecular weight excluding hydrogens is 300 g/mol. The van der Waals surface area contributed by atoms with Crippen molar-refractivity contribution in [3.63, 3.8) is 0 Å². The third-order valence-electron chi connectivity index (χ3n) is 1.07. The first-order valence-electron chi connectivity index (χ1n) is 3.05. The normalized spacial score (nSPS) is 11.4. The summed E-state index contributed by atoms with van der Waals surface area (Å²) in [5.74, 6) is -0.753. The summed E-state index contributed by atoms with van der Waals surface area (Å²) in [6.45, 7) is 0. The number of hydrogen-bond donors (Lipinski definition) is 1. The van der Waals surface area contributed by atoms with E-state index in [1.165, 1.54) is 6.20 Å². The van der Waals surface area contributed by atoms with Crippen molar-refractivity contribution in [2.24, 2.45) is 0 Å². The molecule has 72 valence electrons. The van der Waals surface area contributed by atoms with Gasteiger partial charge in [0.2, 0.25) is 0 Å². The Kier molecular flexibility index (Phi) is 2.84. The molecule has 0 aliphatic rings. The first kappa shape index (κ1) is 10.4. The highest BCUT2D eigenvalue weighted by molar-refractivity contribution is 14.1. The van der Waals surface area contributed by atoms with Crippen molar-refractivity contribution in [1.82, 2.24) is 4.98 Å². The molecule has 1 aromatic rings. The lowest BCUT2D eigenvalue weighted by Gasteiger charge is -2.09. The number of nitrogens with zero attached hydrogens (tertiary/aromatic N) is 1. The number of pyridine rings is 1. The van der Waals surface area contributed by atoms with Gasteiger partial charge in [-0.2, -0.15) is 0 Å². The van der Waals surface area contributed by atoms with Crippen molar-refractivity contribution in [3.8, 4) is 5.75 Å². The molecule has 3 nitrogen and oxygen atoms in total. The predicted molar refractivity (Wildman–Crippen MR) is 48.0 cm³/mol. The van der Waals surface area contributed by atoms with E-state index in [9.17, 15) is 13.2 Å². The van der Waals surface area contributed by atoms with Crippen molar-refractivity contribution in [1.29, 1.82) is 0 Å². The molecule has 7 heteroatoms. The van der Waals surface area contributed by atoms with E-state index in [2.05, 4.69) is 9.72 Å². The zero-order chi connectivity index (χ0) is 10.1. The fourth-order valence-electron chi connectivity index (χ4n) is 0.638. The number of nitrogen functional groups attached to an aromatic ring is 1. The molecule has 0 radical (unpaired) electrons. The molecule has 13 heavy (non-hydrogen) atoms. The number of nitrogens with two attached hydrogens (primary N) is 1. The van der Waals surface area contributed by atoms with Crippen molar-refractivity contribution >= 4 is 28.4 Å². The van der Waals surface area contributed by atoms with Crippen LogP contribution in [0.25, 0.3) is 0 Å². The third-order valence-corrected chi connectivity index (χ3v) is 1.66. The minimum absolute atomic E-state index is 0.280. The monoisotopic (exact) mass is 304 g/mol. The van der Waals surface area contributed by atoms with Crippen LogP contribution in [0.2, 0.25) is 0 Å². The van der Waals surface area contributed by atoms with Crippen molar-refractivity contribution in [2.75, 3.05) is 5.73 Å². The summed E-state index contributed by atoms with van der Waals surface area (Å²) < 4.78 is 39.4. The van der Waals surface area contributed by atoms with Crippen molar-refractivity contribution in [3.05, 3.63) is 15.8 Å². The number of hydrogen-bond acceptors (Lipinski definition) is 3. The van der Waals surface area contributed by atoms with Gasteiger partial charge in [-0.05, 0) is 28.7 Å². The Labute approximate surface area is 85.2 Å². The lowest BCUT2D eigenvalue weighted by atomic mass is 10.4. The van der Waals surface area contributed by atoms with E-state index in [0.717, 1.165) is 6.07 Å². The highest BCUT2D eigenvalue weighted by Gasteiger charge is 2.32. The van der Waals surface area contributed by atoms with Gasteiger partial charge in [0.15, 0.2) is 11.6 Å². The number of alkyl halides is 3. The van der Waals surface area contributed by atoms with Gasteiger partial charge in [0.05, 0.1) is 0 Å². The lowest BCUT2D eigenvalue weighted by Crippen LogP contribution is -2.18. The second-order valence-corrected chi connectivity index (χ2v) is 3.33. The summed E-state index contributed by atoms with van der Waals surface area (Å²) >= 11 is 1.81. The molecule has 0 bridgehead atoms. The first-order chi connectivity index (χ1) is 5.88. The van der Waals surface area contributed by atoms with Gasteiger partial charge < -0.3 is 10.5 Å². The van der Waals surface area contributed by atoms with Gasteiger partial charge in [0.1, 0.15) is 0 Å². The Bertz CT molecular complexity index is 315. The molecule has 0 fully saturated rings. The Morgan fingerprint density at radius 1 is 1.46 bits per heavy atom. The average Bonchev–Trinajstić information content (AvgIpc) is 1.94. The molecule has 1 heterocycles. The largest absolute Gasteiger partial charge is 0.573 e. The molecule has 0 amide bonds.